The lowest BCUT2D eigenvalue weighted by atomic mass is 9.96. The minimum absolute atomic E-state index is 0.0134. The van der Waals surface area contributed by atoms with E-state index in [1.807, 2.05) is 25.1 Å². The molecule has 0 radical (unpaired) electrons. The highest BCUT2D eigenvalue weighted by Gasteiger charge is 2.28. The van der Waals surface area contributed by atoms with Crippen molar-refractivity contribution in [1.82, 2.24) is 10.3 Å². The number of halogens is 2. The quantitative estimate of drug-likeness (QED) is 0.206. The van der Waals surface area contributed by atoms with E-state index in [2.05, 4.69) is 16.4 Å². The van der Waals surface area contributed by atoms with Gasteiger partial charge in [-0.1, -0.05) is 41.9 Å². The fourth-order valence-electron chi connectivity index (χ4n) is 5.10. The summed E-state index contributed by atoms with van der Waals surface area (Å²) in [4.78, 5) is 4.11. The van der Waals surface area contributed by atoms with Gasteiger partial charge in [-0.3, -0.25) is 4.98 Å². The van der Waals surface area contributed by atoms with Crippen molar-refractivity contribution in [2.24, 2.45) is 0 Å². The van der Waals surface area contributed by atoms with Crippen LogP contribution >= 0.6 is 11.6 Å². The molecule has 9 heteroatoms. The maximum Gasteiger partial charge on any atom is 0.172 e. The van der Waals surface area contributed by atoms with Gasteiger partial charge in [-0.25, -0.2) is 4.39 Å². The molecular formula is C33H31ClFN3O4. The fraction of sp³-hybridized carbons (Fsp3) is 0.273. The smallest absolute Gasteiger partial charge is 0.172 e. The molecule has 0 aliphatic heterocycles. The Morgan fingerprint density at radius 2 is 1.93 bits per heavy atom. The zero-order valence-corrected chi connectivity index (χ0v) is 24.1. The number of pyridine rings is 1. The zero-order valence-electron chi connectivity index (χ0n) is 23.4. The number of fused-ring (bicyclic) bond motifs is 1. The van der Waals surface area contributed by atoms with E-state index in [-0.39, 0.29) is 31.1 Å². The lowest BCUT2D eigenvalue weighted by Gasteiger charge is -2.20. The summed E-state index contributed by atoms with van der Waals surface area (Å²) in [7, 11) is 1.46. The third-order valence-corrected chi connectivity index (χ3v) is 7.60. The molecule has 0 unspecified atom stereocenters. The average molecular weight is 588 g/mol. The van der Waals surface area contributed by atoms with Crippen LogP contribution in [0.2, 0.25) is 5.02 Å². The number of nitrogens with one attached hydrogen (secondary N) is 1. The number of ether oxygens (including phenoxy) is 3. The SMILES string of the molecule is COc1cccc(-c2cccc3c2CC[C@@H]3Oc2cc(OCc3cncc(C#N)c3)c(CN[C@@H](C)CO)cc2Cl)c1F. The summed E-state index contributed by atoms with van der Waals surface area (Å²) in [6.07, 6.45) is 4.29. The number of rotatable bonds is 11. The minimum atomic E-state index is -0.391. The van der Waals surface area contributed by atoms with E-state index < -0.39 is 5.82 Å². The van der Waals surface area contributed by atoms with Gasteiger partial charge in [0.25, 0.3) is 0 Å². The van der Waals surface area contributed by atoms with E-state index in [1.165, 1.54) is 13.3 Å². The number of aliphatic hydroxyl groups excluding tert-OH is 1. The van der Waals surface area contributed by atoms with Gasteiger partial charge < -0.3 is 24.6 Å². The van der Waals surface area contributed by atoms with Crippen molar-refractivity contribution in [3.63, 3.8) is 0 Å². The molecule has 42 heavy (non-hydrogen) atoms. The first-order valence-corrected chi connectivity index (χ1v) is 14.0. The van der Waals surface area contributed by atoms with Crippen LogP contribution in [-0.2, 0) is 19.6 Å². The number of hydrogen-bond acceptors (Lipinski definition) is 7. The van der Waals surface area contributed by atoms with Crippen molar-refractivity contribution in [3.05, 3.63) is 106 Å². The van der Waals surface area contributed by atoms with Crippen LogP contribution in [0.4, 0.5) is 4.39 Å². The second kappa shape index (κ2) is 13.2. The molecule has 3 aromatic carbocycles. The highest BCUT2D eigenvalue weighted by molar-refractivity contribution is 6.32. The standard InChI is InChI=1S/C33H31ClFN3O4/c1-20(18-39)38-17-23-12-28(34)32(13-31(23)41-19-22-11-21(14-36)15-37-16-22)42-29-10-9-25-24(5-3-6-26(25)29)27-7-4-8-30(40-2)33(27)35/h3-8,11-13,15-16,20,29,38-39H,9-10,17-19H2,1-2H3/t20-,29-/m0/s1. The van der Waals surface area contributed by atoms with Gasteiger partial charge in [-0.15, -0.1) is 0 Å². The van der Waals surface area contributed by atoms with Crippen LogP contribution in [-0.4, -0.2) is 29.8 Å². The number of nitriles is 1. The van der Waals surface area contributed by atoms with Crippen LogP contribution < -0.4 is 19.5 Å². The first kappa shape index (κ1) is 29.3. The largest absolute Gasteiger partial charge is 0.494 e. The summed E-state index contributed by atoms with van der Waals surface area (Å²) < 4.78 is 33.0. The molecule has 0 fully saturated rings. The molecular weight excluding hydrogens is 557 g/mol. The molecule has 0 saturated carbocycles. The number of aliphatic hydroxyl groups is 1. The van der Waals surface area contributed by atoms with E-state index in [0.29, 0.717) is 40.6 Å². The van der Waals surface area contributed by atoms with E-state index in [4.69, 9.17) is 25.8 Å². The molecule has 2 atom stereocenters. The molecule has 1 aliphatic carbocycles. The van der Waals surface area contributed by atoms with Gasteiger partial charge in [0, 0.05) is 47.7 Å². The van der Waals surface area contributed by atoms with E-state index in [1.54, 1.807) is 42.6 Å². The molecule has 1 aromatic heterocycles. The molecule has 0 amide bonds. The Balaban J connectivity index is 1.43. The van der Waals surface area contributed by atoms with Crippen LogP contribution in [0.25, 0.3) is 11.1 Å². The maximum absolute atomic E-state index is 15.2. The van der Waals surface area contributed by atoms with Crippen molar-refractivity contribution in [2.45, 2.75) is 45.1 Å². The first-order valence-electron chi connectivity index (χ1n) is 13.7. The molecule has 0 bridgehead atoms. The lowest BCUT2D eigenvalue weighted by Crippen LogP contribution is -2.28. The molecule has 216 valence electrons. The fourth-order valence-corrected chi connectivity index (χ4v) is 5.33. The Morgan fingerprint density at radius 1 is 1.12 bits per heavy atom. The van der Waals surface area contributed by atoms with Crippen LogP contribution in [0.15, 0.2) is 67.0 Å². The van der Waals surface area contributed by atoms with Crippen molar-refractivity contribution in [2.75, 3.05) is 13.7 Å². The van der Waals surface area contributed by atoms with E-state index >= 15 is 4.39 Å². The predicted molar refractivity (Wildman–Crippen MR) is 158 cm³/mol. The van der Waals surface area contributed by atoms with Crippen molar-refractivity contribution < 1.29 is 23.7 Å². The van der Waals surface area contributed by atoms with Gasteiger partial charge in [-0.05, 0) is 54.7 Å². The van der Waals surface area contributed by atoms with Gasteiger partial charge in [0.05, 0.1) is 24.3 Å². The van der Waals surface area contributed by atoms with Crippen molar-refractivity contribution in [3.8, 4) is 34.4 Å². The Bertz CT molecular complexity index is 1620. The Labute approximate surface area is 249 Å². The van der Waals surface area contributed by atoms with E-state index in [0.717, 1.165) is 34.2 Å². The number of methoxy groups -OCH3 is 1. The van der Waals surface area contributed by atoms with Crippen molar-refractivity contribution in [1.29, 1.82) is 5.26 Å². The lowest BCUT2D eigenvalue weighted by molar-refractivity contribution is 0.205. The van der Waals surface area contributed by atoms with Gasteiger partial charge in [0.15, 0.2) is 11.6 Å². The second-order valence-electron chi connectivity index (χ2n) is 10.2. The molecule has 0 spiro atoms. The van der Waals surface area contributed by atoms with Gasteiger partial charge in [0.1, 0.15) is 30.3 Å². The maximum atomic E-state index is 15.2. The number of nitrogens with zero attached hydrogens (tertiary/aromatic N) is 2. The van der Waals surface area contributed by atoms with Crippen LogP contribution in [0.5, 0.6) is 17.2 Å². The highest BCUT2D eigenvalue weighted by Crippen LogP contribution is 2.43. The summed E-state index contributed by atoms with van der Waals surface area (Å²) >= 11 is 6.73. The second-order valence-corrected chi connectivity index (χ2v) is 10.6. The van der Waals surface area contributed by atoms with Crippen molar-refractivity contribution >= 4 is 11.6 Å². The van der Waals surface area contributed by atoms with Crippen LogP contribution in [0, 0.1) is 17.1 Å². The summed E-state index contributed by atoms with van der Waals surface area (Å²) in [6, 6.07) is 18.2. The third kappa shape index (κ3) is 6.34. The average Bonchev–Trinajstić information content (AvgIpc) is 3.43. The highest BCUT2D eigenvalue weighted by atomic mass is 35.5. The molecule has 2 N–H and O–H groups in total. The molecule has 0 saturated heterocycles. The molecule has 7 nitrogen and oxygen atoms in total. The Hall–Kier alpha value is -4.16. The van der Waals surface area contributed by atoms with Gasteiger partial charge in [0.2, 0.25) is 0 Å². The van der Waals surface area contributed by atoms with E-state index in [9.17, 15) is 10.4 Å². The number of aromatic nitrogens is 1. The van der Waals surface area contributed by atoms with Gasteiger partial charge >= 0.3 is 0 Å². The predicted octanol–water partition coefficient (Wildman–Crippen LogP) is 6.54. The summed E-state index contributed by atoms with van der Waals surface area (Å²) in [5.41, 5.74) is 5.31. The molecule has 1 aliphatic rings. The monoisotopic (exact) mass is 587 g/mol. The van der Waals surface area contributed by atoms with Crippen LogP contribution in [0.1, 0.15) is 47.3 Å². The zero-order chi connectivity index (χ0) is 29.6. The van der Waals surface area contributed by atoms with Gasteiger partial charge in [-0.2, -0.15) is 5.26 Å². The summed E-state index contributed by atoms with van der Waals surface area (Å²) in [5, 5.41) is 22.3. The minimum Gasteiger partial charge on any atom is -0.494 e. The molecule has 1 heterocycles. The summed E-state index contributed by atoms with van der Waals surface area (Å²) in [5.74, 6) is 0.830. The Morgan fingerprint density at radius 3 is 2.71 bits per heavy atom. The first-order chi connectivity index (χ1) is 20.4. The normalized spacial score (nSPS) is 14.6. The topological polar surface area (TPSA) is 96.6 Å². The number of hydrogen-bond donors (Lipinski definition) is 2. The summed E-state index contributed by atoms with van der Waals surface area (Å²) in [6.45, 7) is 2.46. The molecule has 5 rings (SSSR count). The Kier molecular flexibility index (Phi) is 9.23. The van der Waals surface area contributed by atoms with Crippen LogP contribution in [0.3, 0.4) is 0 Å². The number of benzene rings is 3. The molecule has 4 aromatic rings. The third-order valence-electron chi connectivity index (χ3n) is 7.31.